The quantitative estimate of drug-likeness (QED) is 0.554. The molecular weight excluding hydrogens is 425 g/mol. The first-order chi connectivity index (χ1) is 13.6. The van der Waals surface area contributed by atoms with Crippen molar-refractivity contribution in [2.45, 2.75) is 18.3 Å². The standard InChI is InChI=1S/C19H16ClF3N4OS/c1-11-3-5-12(6-4-11)17-25-26-18(27(17)2)29-10-16(28)24-13-7-8-15(20)14(9-13)19(21,22)23/h3-9H,10H2,1-2H3,(H,24,28). The second-order valence-corrected chi connectivity index (χ2v) is 7.61. The van der Waals surface area contributed by atoms with E-state index >= 15 is 0 Å². The lowest BCUT2D eigenvalue weighted by Crippen LogP contribution is -2.15. The van der Waals surface area contributed by atoms with Gasteiger partial charge in [-0.05, 0) is 25.1 Å². The van der Waals surface area contributed by atoms with Crippen LogP contribution >= 0.6 is 23.4 Å². The maximum absolute atomic E-state index is 12.9. The van der Waals surface area contributed by atoms with Crippen LogP contribution in [0.25, 0.3) is 11.4 Å². The Kier molecular flexibility index (Phi) is 6.18. The molecule has 0 aliphatic rings. The highest BCUT2D eigenvalue weighted by molar-refractivity contribution is 7.99. The topological polar surface area (TPSA) is 59.8 Å². The van der Waals surface area contributed by atoms with Crippen LogP contribution in [-0.4, -0.2) is 26.4 Å². The highest BCUT2D eigenvalue weighted by Gasteiger charge is 2.33. The lowest BCUT2D eigenvalue weighted by atomic mass is 10.1. The smallest absolute Gasteiger partial charge is 0.325 e. The van der Waals surface area contributed by atoms with Crippen LogP contribution in [0.4, 0.5) is 18.9 Å². The minimum atomic E-state index is -4.60. The first-order valence-corrected chi connectivity index (χ1v) is 9.77. The molecule has 0 bridgehead atoms. The van der Waals surface area contributed by atoms with Crippen molar-refractivity contribution in [2.24, 2.45) is 7.05 Å². The number of thioether (sulfide) groups is 1. The van der Waals surface area contributed by atoms with Crippen LogP contribution in [0.1, 0.15) is 11.1 Å². The molecule has 0 aliphatic heterocycles. The number of carbonyl (C=O) groups is 1. The van der Waals surface area contributed by atoms with E-state index in [-0.39, 0.29) is 11.4 Å². The molecule has 0 unspecified atom stereocenters. The number of benzene rings is 2. The van der Waals surface area contributed by atoms with Crippen molar-refractivity contribution in [3.63, 3.8) is 0 Å². The summed E-state index contributed by atoms with van der Waals surface area (Å²) in [6, 6.07) is 11.0. The summed E-state index contributed by atoms with van der Waals surface area (Å²) in [4.78, 5) is 12.2. The van der Waals surface area contributed by atoms with Gasteiger partial charge in [-0.3, -0.25) is 4.79 Å². The highest BCUT2D eigenvalue weighted by Crippen LogP contribution is 2.36. The Morgan fingerprint density at radius 1 is 1.17 bits per heavy atom. The second kappa shape index (κ2) is 8.46. The van der Waals surface area contributed by atoms with Crippen molar-refractivity contribution in [3.8, 4) is 11.4 Å². The first-order valence-electron chi connectivity index (χ1n) is 8.41. The van der Waals surface area contributed by atoms with E-state index in [9.17, 15) is 18.0 Å². The maximum atomic E-state index is 12.9. The number of aromatic nitrogens is 3. The van der Waals surface area contributed by atoms with E-state index in [0.29, 0.717) is 11.0 Å². The second-order valence-electron chi connectivity index (χ2n) is 6.26. The van der Waals surface area contributed by atoms with Gasteiger partial charge in [0.25, 0.3) is 0 Å². The molecule has 0 radical (unpaired) electrons. The molecule has 3 rings (SSSR count). The molecule has 0 atom stereocenters. The van der Waals surface area contributed by atoms with E-state index in [1.165, 1.54) is 6.07 Å². The zero-order chi connectivity index (χ0) is 21.2. The number of carbonyl (C=O) groups excluding carboxylic acids is 1. The number of nitrogens with one attached hydrogen (secondary N) is 1. The van der Waals surface area contributed by atoms with Gasteiger partial charge in [-0.1, -0.05) is 53.2 Å². The number of halogens is 4. The van der Waals surface area contributed by atoms with Gasteiger partial charge in [-0.2, -0.15) is 13.2 Å². The third kappa shape index (κ3) is 5.10. The van der Waals surface area contributed by atoms with Gasteiger partial charge in [0.1, 0.15) is 0 Å². The molecule has 1 amide bonds. The van der Waals surface area contributed by atoms with Crippen molar-refractivity contribution >= 4 is 35.0 Å². The van der Waals surface area contributed by atoms with Gasteiger partial charge in [0.05, 0.1) is 16.3 Å². The molecule has 1 N–H and O–H groups in total. The SMILES string of the molecule is Cc1ccc(-c2nnc(SCC(=O)Nc3ccc(Cl)c(C(F)(F)F)c3)n2C)cc1. The fraction of sp³-hybridized carbons (Fsp3) is 0.211. The Bertz CT molecular complexity index is 1030. The highest BCUT2D eigenvalue weighted by atomic mass is 35.5. The number of hydrogen-bond acceptors (Lipinski definition) is 4. The molecule has 1 heterocycles. The van der Waals surface area contributed by atoms with E-state index in [2.05, 4.69) is 15.5 Å². The van der Waals surface area contributed by atoms with Gasteiger partial charge in [0, 0.05) is 18.3 Å². The van der Waals surface area contributed by atoms with Crippen LogP contribution in [0.3, 0.4) is 0 Å². The zero-order valence-corrected chi connectivity index (χ0v) is 17.0. The molecule has 3 aromatic rings. The summed E-state index contributed by atoms with van der Waals surface area (Å²) in [5, 5.41) is 10.8. The predicted molar refractivity (Wildman–Crippen MR) is 107 cm³/mol. The number of nitrogens with zero attached hydrogens (tertiary/aromatic N) is 3. The minimum Gasteiger partial charge on any atom is -0.325 e. The number of anilines is 1. The lowest BCUT2D eigenvalue weighted by Gasteiger charge is -2.11. The van der Waals surface area contributed by atoms with Gasteiger partial charge in [-0.15, -0.1) is 10.2 Å². The Morgan fingerprint density at radius 2 is 1.86 bits per heavy atom. The zero-order valence-electron chi connectivity index (χ0n) is 15.4. The normalized spacial score (nSPS) is 11.5. The third-order valence-corrected chi connectivity index (χ3v) is 5.38. The molecule has 5 nitrogen and oxygen atoms in total. The third-order valence-electron chi connectivity index (χ3n) is 4.03. The Labute approximate surface area is 174 Å². The average molecular weight is 441 g/mol. The monoisotopic (exact) mass is 440 g/mol. The number of hydrogen-bond donors (Lipinski definition) is 1. The van der Waals surface area contributed by atoms with E-state index in [0.717, 1.165) is 35.0 Å². The van der Waals surface area contributed by atoms with Crippen LogP contribution in [0, 0.1) is 6.92 Å². The van der Waals surface area contributed by atoms with Gasteiger partial charge in [-0.25, -0.2) is 0 Å². The molecule has 29 heavy (non-hydrogen) atoms. The Balaban J connectivity index is 1.65. The number of aryl methyl sites for hydroxylation is 1. The molecule has 0 fully saturated rings. The summed E-state index contributed by atoms with van der Waals surface area (Å²) in [7, 11) is 1.78. The van der Waals surface area contributed by atoms with E-state index in [4.69, 9.17) is 11.6 Å². The lowest BCUT2D eigenvalue weighted by molar-refractivity contribution is -0.137. The van der Waals surface area contributed by atoms with Crippen LogP contribution in [0.5, 0.6) is 0 Å². The van der Waals surface area contributed by atoms with Crippen molar-refractivity contribution < 1.29 is 18.0 Å². The number of alkyl halides is 3. The van der Waals surface area contributed by atoms with Crippen LogP contribution in [0.15, 0.2) is 47.6 Å². The van der Waals surface area contributed by atoms with Gasteiger partial charge < -0.3 is 9.88 Å². The predicted octanol–water partition coefficient (Wildman–Crippen LogP) is 5.19. The molecule has 2 aromatic carbocycles. The summed E-state index contributed by atoms with van der Waals surface area (Å²) in [5.41, 5.74) is 1.03. The van der Waals surface area contributed by atoms with Crippen LogP contribution in [-0.2, 0) is 18.0 Å². The minimum absolute atomic E-state index is 0.0191. The largest absolute Gasteiger partial charge is 0.417 e. The summed E-state index contributed by atoms with van der Waals surface area (Å²) in [6.07, 6.45) is -4.60. The van der Waals surface area contributed by atoms with Gasteiger partial charge in [0.15, 0.2) is 11.0 Å². The molecule has 10 heteroatoms. The molecule has 0 aliphatic carbocycles. The van der Waals surface area contributed by atoms with E-state index in [1.807, 2.05) is 31.2 Å². The van der Waals surface area contributed by atoms with Crippen molar-refractivity contribution in [2.75, 3.05) is 11.1 Å². The summed E-state index contributed by atoms with van der Waals surface area (Å²) >= 11 is 6.72. The van der Waals surface area contributed by atoms with Crippen LogP contribution in [0.2, 0.25) is 5.02 Å². The fourth-order valence-corrected chi connectivity index (χ4v) is 3.48. The summed E-state index contributed by atoms with van der Waals surface area (Å²) in [5.74, 6) is 0.148. The molecule has 1 aromatic heterocycles. The summed E-state index contributed by atoms with van der Waals surface area (Å²) in [6.45, 7) is 1.98. The number of amides is 1. The fourth-order valence-electron chi connectivity index (χ4n) is 2.54. The molecule has 0 saturated carbocycles. The van der Waals surface area contributed by atoms with Crippen molar-refractivity contribution in [1.29, 1.82) is 0 Å². The van der Waals surface area contributed by atoms with E-state index in [1.54, 1.807) is 11.6 Å². The molecule has 0 spiro atoms. The van der Waals surface area contributed by atoms with E-state index < -0.39 is 22.7 Å². The molecular formula is C19H16ClF3N4OS. The Morgan fingerprint density at radius 3 is 2.52 bits per heavy atom. The van der Waals surface area contributed by atoms with Gasteiger partial charge >= 0.3 is 6.18 Å². The summed E-state index contributed by atoms with van der Waals surface area (Å²) < 4.78 is 40.5. The molecule has 0 saturated heterocycles. The van der Waals surface area contributed by atoms with Crippen molar-refractivity contribution in [1.82, 2.24) is 14.8 Å². The first kappa shape index (κ1) is 21.2. The van der Waals surface area contributed by atoms with Crippen molar-refractivity contribution in [3.05, 3.63) is 58.6 Å². The number of rotatable bonds is 5. The Hall–Kier alpha value is -2.52. The average Bonchev–Trinajstić information content (AvgIpc) is 3.02. The van der Waals surface area contributed by atoms with Crippen LogP contribution < -0.4 is 5.32 Å². The van der Waals surface area contributed by atoms with Gasteiger partial charge in [0.2, 0.25) is 5.91 Å². The molecule has 152 valence electrons. The maximum Gasteiger partial charge on any atom is 0.417 e.